The number of halogens is 1. The number of nitrogens with zero attached hydrogens (tertiary/aromatic N) is 1. The van der Waals surface area contributed by atoms with Gasteiger partial charge in [0.25, 0.3) is 0 Å². The van der Waals surface area contributed by atoms with E-state index < -0.39 is 5.12 Å². The molecule has 0 spiro atoms. The van der Waals surface area contributed by atoms with E-state index >= 15 is 0 Å². The Balaban J connectivity index is 2.05. The number of thiocarbonyl (C=S) groups is 1. The summed E-state index contributed by atoms with van der Waals surface area (Å²) in [5.41, 5.74) is 8.09. The van der Waals surface area contributed by atoms with Gasteiger partial charge < -0.3 is 16.0 Å². The number of nitrogens with two attached hydrogens (primary N) is 1. The minimum atomic E-state index is -0.885. The second kappa shape index (κ2) is 6.29. The van der Waals surface area contributed by atoms with Crippen molar-refractivity contribution in [2.75, 3.05) is 6.54 Å². The topological polar surface area (TPSA) is 41.3 Å². The van der Waals surface area contributed by atoms with Gasteiger partial charge in [-0.15, -0.1) is 0 Å². The van der Waals surface area contributed by atoms with Crippen molar-refractivity contribution in [1.82, 2.24) is 10.2 Å². The Morgan fingerprint density at radius 3 is 2.95 bits per heavy atom. The number of hydrogen-bond donors (Lipinski definition) is 2. The number of alkyl halides is 1. The van der Waals surface area contributed by atoms with Crippen LogP contribution in [-0.2, 0) is 6.42 Å². The average Bonchev–Trinajstić information content (AvgIpc) is 2.36. The van der Waals surface area contributed by atoms with Crippen LogP contribution in [0.25, 0.3) is 0 Å². The molecule has 1 heterocycles. The molecule has 5 heteroatoms. The van der Waals surface area contributed by atoms with Gasteiger partial charge in [0.05, 0.1) is 0 Å². The Morgan fingerprint density at radius 2 is 2.25 bits per heavy atom. The van der Waals surface area contributed by atoms with Crippen LogP contribution >= 0.6 is 23.8 Å². The summed E-state index contributed by atoms with van der Waals surface area (Å²) >= 11 is 11.4. The third-order valence-corrected chi connectivity index (χ3v) is 3.67. The van der Waals surface area contributed by atoms with Crippen molar-refractivity contribution in [3.8, 4) is 0 Å². The van der Waals surface area contributed by atoms with Crippen LogP contribution in [0.15, 0.2) is 48.7 Å². The molecule has 20 heavy (non-hydrogen) atoms. The molecule has 0 amide bonds. The first-order valence-electron chi connectivity index (χ1n) is 6.44. The van der Waals surface area contributed by atoms with Crippen molar-refractivity contribution in [1.29, 1.82) is 0 Å². The van der Waals surface area contributed by atoms with Gasteiger partial charge in [0.1, 0.15) is 0 Å². The van der Waals surface area contributed by atoms with E-state index in [1.807, 2.05) is 29.3 Å². The monoisotopic (exact) mass is 307 g/mol. The summed E-state index contributed by atoms with van der Waals surface area (Å²) in [6.45, 7) is 2.86. The number of aryl methyl sites for hydroxylation is 1. The quantitative estimate of drug-likeness (QED) is 0.510. The van der Waals surface area contributed by atoms with Gasteiger partial charge >= 0.3 is 0 Å². The molecule has 0 aromatic heterocycles. The fraction of sp³-hybridized carbons (Fsp3) is 0.267. The highest BCUT2D eigenvalue weighted by Crippen LogP contribution is 2.24. The first-order chi connectivity index (χ1) is 9.49. The lowest BCUT2D eigenvalue weighted by molar-refractivity contribution is 0.264. The molecule has 0 saturated heterocycles. The molecule has 1 aromatic rings. The Morgan fingerprint density at radius 1 is 1.45 bits per heavy atom. The van der Waals surface area contributed by atoms with E-state index in [4.69, 9.17) is 29.6 Å². The zero-order chi connectivity index (χ0) is 14.6. The molecule has 1 atom stereocenters. The summed E-state index contributed by atoms with van der Waals surface area (Å²) < 4.78 is 0. The third kappa shape index (κ3) is 3.74. The second-order valence-electron chi connectivity index (χ2n) is 4.80. The first kappa shape index (κ1) is 14.9. The maximum absolute atomic E-state index is 6.54. The highest BCUT2D eigenvalue weighted by atomic mass is 35.5. The predicted molar refractivity (Wildman–Crippen MR) is 88.4 cm³/mol. The Hall–Kier alpha value is -1.52. The van der Waals surface area contributed by atoms with Crippen LogP contribution < -0.4 is 11.1 Å². The van der Waals surface area contributed by atoms with Crippen molar-refractivity contribution in [2.45, 2.75) is 18.5 Å². The summed E-state index contributed by atoms with van der Waals surface area (Å²) in [4.78, 5) is 1.98. The molecule has 1 unspecified atom stereocenters. The molecule has 0 bridgehead atoms. The van der Waals surface area contributed by atoms with Gasteiger partial charge in [-0.1, -0.05) is 47.5 Å². The summed E-state index contributed by atoms with van der Waals surface area (Å²) in [5, 5.41) is 2.21. The lowest BCUT2D eigenvalue weighted by Gasteiger charge is -2.38. The van der Waals surface area contributed by atoms with Gasteiger partial charge in [0.15, 0.2) is 5.11 Å². The number of nitrogens with one attached hydrogen (secondary N) is 1. The summed E-state index contributed by atoms with van der Waals surface area (Å²) in [5.74, 6) is 0. The van der Waals surface area contributed by atoms with Crippen LogP contribution in [0.1, 0.15) is 11.1 Å². The maximum Gasteiger partial charge on any atom is 0.210 e. The second-order valence-corrected chi connectivity index (χ2v) is 5.81. The predicted octanol–water partition coefficient (Wildman–Crippen LogP) is 2.65. The highest BCUT2D eigenvalue weighted by molar-refractivity contribution is 7.80. The van der Waals surface area contributed by atoms with Crippen molar-refractivity contribution in [2.24, 2.45) is 5.73 Å². The standard InChI is InChI=1S/C15H18ClN3S/c1-12-5-4-6-13(11-12)7-10-19-9-3-2-8-15(19,16)18-14(17)20/h2-6,8-9,11H,7,10H2,1H3,(H3,17,18,20). The molecule has 3 N–H and O–H groups in total. The molecule has 1 aromatic carbocycles. The molecular weight excluding hydrogens is 290 g/mol. The van der Waals surface area contributed by atoms with Crippen molar-refractivity contribution in [3.05, 3.63) is 59.8 Å². The van der Waals surface area contributed by atoms with Crippen LogP contribution in [0.5, 0.6) is 0 Å². The molecule has 3 nitrogen and oxygen atoms in total. The summed E-state index contributed by atoms with van der Waals surface area (Å²) in [6, 6.07) is 8.46. The van der Waals surface area contributed by atoms with Gasteiger partial charge in [0, 0.05) is 12.7 Å². The molecule has 0 radical (unpaired) electrons. The Bertz CT molecular complexity index is 556. The van der Waals surface area contributed by atoms with Crippen LogP contribution in [-0.4, -0.2) is 21.7 Å². The third-order valence-electron chi connectivity index (χ3n) is 3.13. The SMILES string of the molecule is Cc1cccc(CCN2C=CC=CC2(Cl)NC(N)=S)c1. The normalized spacial score (nSPS) is 21.0. The van der Waals surface area contributed by atoms with E-state index in [1.165, 1.54) is 11.1 Å². The molecule has 1 aliphatic heterocycles. The number of rotatable bonds is 4. The largest absolute Gasteiger partial charge is 0.376 e. The van der Waals surface area contributed by atoms with Crippen LogP contribution in [0.2, 0.25) is 0 Å². The van der Waals surface area contributed by atoms with Crippen LogP contribution in [0.4, 0.5) is 0 Å². The molecule has 0 fully saturated rings. The van der Waals surface area contributed by atoms with E-state index in [0.29, 0.717) is 0 Å². The fourth-order valence-electron chi connectivity index (χ4n) is 2.18. The van der Waals surface area contributed by atoms with E-state index in [2.05, 4.69) is 36.5 Å². The number of benzene rings is 1. The van der Waals surface area contributed by atoms with Crippen LogP contribution in [0, 0.1) is 6.92 Å². The molecule has 2 rings (SSSR count). The van der Waals surface area contributed by atoms with Crippen molar-refractivity contribution >= 4 is 28.9 Å². The fourth-order valence-corrected chi connectivity index (χ4v) is 2.71. The van der Waals surface area contributed by atoms with Gasteiger partial charge in [0.2, 0.25) is 5.12 Å². The maximum atomic E-state index is 6.54. The van der Waals surface area contributed by atoms with E-state index in [9.17, 15) is 0 Å². The lowest BCUT2D eigenvalue weighted by atomic mass is 10.1. The highest BCUT2D eigenvalue weighted by Gasteiger charge is 2.31. The van der Waals surface area contributed by atoms with E-state index in [0.717, 1.165) is 13.0 Å². The number of allylic oxidation sites excluding steroid dienone is 2. The Labute approximate surface area is 130 Å². The number of hydrogen-bond acceptors (Lipinski definition) is 2. The first-order valence-corrected chi connectivity index (χ1v) is 7.23. The van der Waals surface area contributed by atoms with Gasteiger partial charge in [-0.2, -0.15) is 0 Å². The molecule has 0 saturated carbocycles. The Kier molecular flexibility index (Phi) is 4.68. The van der Waals surface area contributed by atoms with Crippen molar-refractivity contribution in [3.63, 3.8) is 0 Å². The summed E-state index contributed by atoms with van der Waals surface area (Å²) in [6.07, 6.45) is 8.49. The molecule has 0 aliphatic carbocycles. The minimum absolute atomic E-state index is 0.181. The average molecular weight is 308 g/mol. The smallest absolute Gasteiger partial charge is 0.210 e. The van der Waals surface area contributed by atoms with Crippen LogP contribution in [0.3, 0.4) is 0 Å². The summed E-state index contributed by atoms with van der Waals surface area (Å²) in [7, 11) is 0. The molecular formula is C15H18ClN3S. The van der Waals surface area contributed by atoms with Crippen molar-refractivity contribution < 1.29 is 0 Å². The minimum Gasteiger partial charge on any atom is -0.376 e. The molecule has 106 valence electrons. The molecule has 1 aliphatic rings. The lowest BCUT2D eigenvalue weighted by Crippen LogP contribution is -2.56. The zero-order valence-corrected chi connectivity index (χ0v) is 12.9. The zero-order valence-electron chi connectivity index (χ0n) is 11.3. The van der Waals surface area contributed by atoms with E-state index in [1.54, 1.807) is 0 Å². The van der Waals surface area contributed by atoms with Gasteiger partial charge in [-0.3, -0.25) is 0 Å². The van der Waals surface area contributed by atoms with Gasteiger partial charge in [-0.25, -0.2) is 0 Å². The van der Waals surface area contributed by atoms with Gasteiger partial charge in [-0.05, 0) is 43.3 Å². The van der Waals surface area contributed by atoms with E-state index in [-0.39, 0.29) is 5.11 Å².